The Morgan fingerprint density at radius 2 is 2.05 bits per heavy atom. The standard InChI is InChI=1S/C17H14BrNO3/c1-21-14-5-6-15-11(7-17(20)22-16(15)9-14)10-19-13-4-2-3-12(18)8-13/h2-9,19H,10H2,1H3. The van der Waals surface area contributed by atoms with E-state index in [1.807, 2.05) is 36.4 Å². The minimum absolute atomic E-state index is 0.369. The van der Waals surface area contributed by atoms with Gasteiger partial charge in [0, 0.05) is 34.2 Å². The van der Waals surface area contributed by atoms with E-state index in [4.69, 9.17) is 9.15 Å². The number of halogens is 1. The highest BCUT2D eigenvalue weighted by molar-refractivity contribution is 9.10. The number of anilines is 1. The molecular formula is C17H14BrNO3. The average Bonchev–Trinajstić information content (AvgIpc) is 2.52. The molecule has 4 nitrogen and oxygen atoms in total. The van der Waals surface area contributed by atoms with Gasteiger partial charge in [0.1, 0.15) is 11.3 Å². The lowest BCUT2D eigenvalue weighted by Gasteiger charge is -2.09. The Morgan fingerprint density at radius 1 is 1.18 bits per heavy atom. The highest BCUT2D eigenvalue weighted by atomic mass is 79.9. The number of ether oxygens (including phenoxy) is 1. The first-order valence-corrected chi connectivity index (χ1v) is 7.55. The van der Waals surface area contributed by atoms with Gasteiger partial charge in [-0.2, -0.15) is 0 Å². The molecule has 1 N–H and O–H groups in total. The fourth-order valence-corrected chi connectivity index (χ4v) is 2.68. The first kappa shape index (κ1) is 14.7. The summed E-state index contributed by atoms with van der Waals surface area (Å²) >= 11 is 3.44. The van der Waals surface area contributed by atoms with Crippen LogP contribution in [0.2, 0.25) is 0 Å². The Hall–Kier alpha value is -2.27. The normalized spacial score (nSPS) is 10.6. The number of rotatable bonds is 4. The molecule has 0 bridgehead atoms. The second-order valence-electron chi connectivity index (χ2n) is 4.82. The quantitative estimate of drug-likeness (QED) is 0.710. The Kier molecular flexibility index (Phi) is 4.15. The van der Waals surface area contributed by atoms with E-state index in [1.54, 1.807) is 13.2 Å². The van der Waals surface area contributed by atoms with Crippen LogP contribution in [0.1, 0.15) is 5.56 Å². The first-order chi connectivity index (χ1) is 10.7. The van der Waals surface area contributed by atoms with Crippen molar-refractivity contribution in [1.82, 2.24) is 0 Å². The van der Waals surface area contributed by atoms with Crippen molar-refractivity contribution in [1.29, 1.82) is 0 Å². The van der Waals surface area contributed by atoms with Gasteiger partial charge in [-0.3, -0.25) is 0 Å². The van der Waals surface area contributed by atoms with Crippen LogP contribution in [0.3, 0.4) is 0 Å². The van der Waals surface area contributed by atoms with Gasteiger partial charge in [-0.05, 0) is 35.9 Å². The molecule has 112 valence electrons. The van der Waals surface area contributed by atoms with Crippen LogP contribution in [0.25, 0.3) is 11.0 Å². The second kappa shape index (κ2) is 6.23. The molecule has 0 unspecified atom stereocenters. The van der Waals surface area contributed by atoms with Crippen molar-refractivity contribution in [3.8, 4) is 5.75 Å². The lowest BCUT2D eigenvalue weighted by molar-refractivity contribution is 0.414. The molecule has 0 aliphatic carbocycles. The summed E-state index contributed by atoms with van der Waals surface area (Å²) in [5.41, 5.74) is 2.02. The van der Waals surface area contributed by atoms with Crippen molar-refractivity contribution < 1.29 is 9.15 Å². The van der Waals surface area contributed by atoms with Crippen LogP contribution >= 0.6 is 15.9 Å². The molecule has 0 saturated carbocycles. The molecule has 2 aromatic carbocycles. The van der Waals surface area contributed by atoms with E-state index in [1.165, 1.54) is 6.07 Å². The predicted octanol–water partition coefficient (Wildman–Crippen LogP) is 4.18. The van der Waals surface area contributed by atoms with Crippen LogP contribution in [0.15, 0.2) is 62.2 Å². The van der Waals surface area contributed by atoms with Gasteiger partial charge in [0.25, 0.3) is 0 Å². The third kappa shape index (κ3) is 3.14. The lowest BCUT2D eigenvalue weighted by atomic mass is 10.1. The number of fused-ring (bicyclic) bond motifs is 1. The molecule has 0 radical (unpaired) electrons. The summed E-state index contributed by atoms with van der Waals surface area (Å²) in [6.45, 7) is 0.533. The van der Waals surface area contributed by atoms with E-state index in [0.717, 1.165) is 21.1 Å². The van der Waals surface area contributed by atoms with Crippen LogP contribution in [0.4, 0.5) is 5.69 Å². The van der Waals surface area contributed by atoms with Crippen molar-refractivity contribution >= 4 is 32.6 Å². The maximum Gasteiger partial charge on any atom is 0.336 e. The third-order valence-electron chi connectivity index (χ3n) is 3.34. The fourth-order valence-electron chi connectivity index (χ4n) is 2.28. The predicted molar refractivity (Wildman–Crippen MR) is 90.5 cm³/mol. The van der Waals surface area contributed by atoms with Crippen LogP contribution in [-0.2, 0) is 6.54 Å². The van der Waals surface area contributed by atoms with E-state index in [0.29, 0.717) is 17.9 Å². The topological polar surface area (TPSA) is 51.5 Å². The molecule has 0 spiro atoms. The number of nitrogens with one attached hydrogen (secondary N) is 1. The molecule has 1 aromatic heterocycles. The van der Waals surface area contributed by atoms with E-state index >= 15 is 0 Å². The van der Waals surface area contributed by atoms with Crippen molar-refractivity contribution in [3.63, 3.8) is 0 Å². The molecule has 0 aliphatic rings. The highest BCUT2D eigenvalue weighted by Gasteiger charge is 2.07. The van der Waals surface area contributed by atoms with Gasteiger partial charge >= 0.3 is 5.63 Å². The summed E-state index contributed by atoms with van der Waals surface area (Å²) in [7, 11) is 1.58. The molecule has 3 rings (SSSR count). The van der Waals surface area contributed by atoms with Gasteiger partial charge in [-0.15, -0.1) is 0 Å². The first-order valence-electron chi connectivity index (χ1n) is 6.76. The summed E-state index contributed by atoms with van der Waals surface area (Å²) in [6, 6.07) is 14.9. The van der Waals surface area contributed by atoms with E-state index in [2.05, 4.69) is 21.2 Å². The lowest BCUT2D eigenvalue weighted by Crippen LogP contribution is -2.05. The van der Waals surface area contributed by atoms with Gasteiger partial charge in [0.05, 0.1) is 7.11 Å². The van der Waals surface area contributed by atoms with E-state index in [-0.39, 0.29) is 5.63 Å². The summed E-state index contributed by atoms with van der Waals surface area (Å²) in [6.07, 6.45) is 0. The minimum Gasteiger partial charge on any atom is -0.497 e. The Bertz CT molecular complexity index is 873. The maximum atomic E-state index is 11.7. The molecule has 5 heteroatoms. The third-order valence-corrected chi connectivity index (χ3v) is 3.84. The van der Waals surface area contributed by atoms with E-state index < -0.39 is 0 Å². The molecule has 0 amide bonds. The SMILES string of the molecule is COc1ccc2c(CNc3cccc(Br)c3)cc(=O)oc2c1. The smallest absolute Gasteiger partial charge is 0.336 e. The maximum absolute atomic E-state index is 11.7. The van der Waals surface area contributed by atoms with Gasteiger partial charge in [-0.25, -0.2) is 4.79 Å². The van der Waals surface area contributed by atoms with Crippen LogP contribution in [0, 0.1) is 0 Å². The summed E-state index contributed by atoms with van der Waals surface area (Å²) in [5.74, 6) is 0.660. The molecule has 22 heavy (non-hydrogen) atoms. The molecule has 1 heterocycles. The Balaban J connectivity index is 1.94. The number of methoxy groups -OCH3 is 1. The van der Waals surface area contributed by atoms with E-state index in [9.17, 15) is 4.79 Å². The Morgan fingerprint density at radius 3 is 2.82 bits per heavy atom. The number of benzene rings is 2. The summed E-state index contributed by atoms with van der Waals surface area (Å²) in [4.78, 5) is 11.7. The van der Waals surface area contributed by atoms with Gasteiger partial charge in [0.15, 0.2) is 0 Å². The van der Waals surface area contributed by atoms with Crippen molar-refractivity contribution in [2.24, 2.45) is 0 Å². The van der Waals surface area contributed by atoms with Crippen LogP contribution < -0.4 is 15.7 Å². The molecule has 0 saturated heterocycles. The van der Waals surface area contributed by atoms with Crippen molar-refractivity contribution in [2.45, 2.75) is 6.54 Å². The zero-order valence-corrected chi connectivity index (χ0v) is 13.5. The molecule has 0 atom stereocenters. The molecular weight excluding hydrogens is 346 g/mol. The van der Waals surface area contributed by atoms with Crippen LogP contribution in [-0.4, -0.2) is 7.11 Å². The minimum atomic E-state index is -0.369. The Labute approximate surface area is 135 Å². The summed E-state index contributed by atoms with van der Waals surface area (Å²) < 4.78 is 11.4. The van der Waals surface area contributed by atoms with Gasteiger partial charge in [0.2, 0.25) is 0 Å². The van der Waals surface area contributed by atoms with Gasteiger partial charge in [-0.1, -0.05) is 22.0 Å². The number of hydrogen-bond donors (Lipinski definition) is 1. The highest BCUT2D eigenvalue weighted by Crippen LogP contribution is 2.23. The second-order valence-corrected chi connectivity index (χ2v) is 5.73. The monoisotopic (exact) mass is 359 g/mol. The zero-order chi connectivity index (χ0) is 15.5. The fraction of sp³-hybridized carbons (Fsp3) is 0.118. The van der Waals surface area contributed by atoms with Crippen LogP contribution in [0.5, 0.6) is 5.75 Å². The molecule has 0 fully saturated rings. The molecule has 0 aliphatic heterocycles. The molecule has 3 aromatic rings. The van der Waals surface area contributed by atoms with Crippen molar-refractivity contribution in [3.05, 3.63) is 69.0 Å². The largest absolute Gasteiger partial charge is 0.497 e. The summed E-state index contributed by atoms with van der Waals surface area (Å²) in [5, 5.41) is 4.20. The number of hydrogen-bond acceptors (Lipinski definition) is 4. The average molecular weight is 360 g/mol. The van der Waals surface area contributed by atoms with Crippen molar-refractivity contribution in [2.75, 3.05) is 12.4 Å². The van der Waals surface area contributed by atoms with Gasteiger partial charge < -0.3 is 14.5 Å². The zero-order valence-electron chi connectivity index (χ0n) is 11.9.